The zero-order valence-electron chi connectivity index (χ0n) is 15.0. The number of ether oxygens (including phenoxy) is 2. The molecule has 0 saturated heterocycles. The molecule has 0 atom stereocenters. The highest BCUT2D eigenvalue weighted by Gasteiger charge is 2.58. The maximum absolute atomic E-state index is 12.6. The summed E-state index contributed by atoms with van der Waals surface area (Å²) in [6, 6.07) is 6.83. The van der Waals surface area contributed by atoms with Crippen molar-refractivity contribution in [2.24, 2.45) is 5.41 Å². The molecule has 1 aromatic carbocycles. The van der Waals surface area contributed by atoms with E-state index in [2.05, 4.69) is 25.5 Å². The monoisotopic (exact) mass is 382 g/mol. The molecule has 1 aromatic rings. The Kier molecular flexibility index (Phi) is 7.41. The molecule has 0 radical (unpaired) electrons. The first-order chi connectivity index (χ1) is 11.9. The standard InChI is InChI=1S/C18H23F5O3/c1-4-16(2,3)10-9-13-5-7-14(8-6-13)25-11-15(24)26-12-17(19,20)18(21,22)23/h5-8H,4,9-12H2,1-3H3. The summed E-state index contributed by atoms with van der Waals surface area (Å²) in [5.41, 5.74) is 1.31. The highest BCUT2D eigenvalue weighted by molar-refractivity contribution is 5.71. The third-order valence-corrected chi connectivity index (χ3v) is 4.16. The van der Waals surface area contributed by atoms with Crippen LogP contribution in [-0.4, -0.2) is 31.3 Å². The van der Waals surface area contributed by atoms with E-state index in [0.717, 1.165) is 24.8 Å². The van der Waals surface area contributed by atoms with E-state index in [1.807, 2.05) is 12.1 Å². The lowest BCUT2D eigenvalue weighted by atomic mass is 9.84. The van der Waals surface area contributed by atoms with E-state index in [1.54, 1.807) is 12.1 Å². The Morgan fingerprint density at radius 1 is 1.04 bits per heavy atom. The van der Waals surface area contributed by atoms with Crippen molar-refractivity contribution < 1.29 is 36.2 Å². The maximum Gasteiger partial charge on any atom is 0.456 e. The van der Waals surface area contributed by atoms with Gasteiger partial charge in [-0.3, -0.25) is 0 Å². The lowest BCUT2D eigenvalue weighted by molar-refractivity contribution is -0.294. The van der Waals surface area contributed by atoms with Crippen LogP contribution in [0.1, 0.15) is 39.2 Å². The van der Waals surface area contributed by atoms with Crippen molar-refractivity contribution >= 4 is 5.97 Å². The predicted octanol–water partition coefficient (Wildman–Crippen LogP) is 5.18. The highest BCUT2D eigenvalue weighted by atomic mass is 19.4. The number of alkyl halides is 5. The summed E-state index contributed by atoms with van der Waals surface area (Å²) in [5, 5.41) is 0. The van der Waals surface area contributed by atoms with Gasteiger partial charge in [0, 0.05) is 0 Å². The fourth-order valence-corrected chi connectivity index (χ4v) is 1.85. The van der Waals surface area contributed by atoms with Crippen LogP contribution in [0.15, 0.2) is 24.3 Å². The van der Waals surface area contributed by atoms with Crippen LogP contribution >= 0.6 is 0 Å². The molecular formula is C18H23F5O3. The van der Waals surface area contributed by atoms with E-state index in [0.29, 0.717) is 5.75 Å². The van der Waals surface area contributed by atoms with Crippen LogP contribution in [0, 0.1) is 5.41 Å². The second-order valence-corrected chi connectivity index (χ2v) is 6.81. The Balaban J connectivity index is 2.42. The second-order valence-electron chi connectivity index (χ2n) is 6.81. The minimum atomic E-state index is -5.77. The molecule has 1 rings (SSSR count). The maximum atomic E-state index is 12.6. The first kappa shape index (κ1) is 22.2. The number of hydrogen-bond acceptors (Lipinski definition) is 3. The van der Waals surface area contributed by atoms with Crippen LogP contribution in [0.5, 0.6) is 5.75 Å². The van der Waals surface area contributed by atoms with Gasteiger partial charge in [0.05, 0.1) is 0 Å². The smallest absolute Gasteiger partial charge is 0.456 e. The molecule has 3 nitrogen and oxygen atoms in total. The molecule has 148 valence electrons. The minimum absolute atomic E-state index is 0.234. The van der Waals surface area contributed by atoms with E-state index < -0.39 is 31.3 Å². The number of carbonyl (C=O) groups is 1. The van der Waals surface area contributed by atoms with Crippen molar-refractivity contribution in [2.45, 2.75) is 52.1 Å². The average Bonchev–Trinajstić information content (AvgIpc) is 2.56. The summed E-state index contributed by atoms with van der Waals surface area (Å²) < 4.78 is 70.1. The zero-order chi connectivity index (χ0) is 20.0. The third-order valence-electron chi connectivity index (χ3n) is 4.16. The fraction of sp³-hybridized carbons (Fsp3) is 0.611. The minimum Gasteiger partial charge on any atom is -0.482 e. The molecule has 0 heterocycles. The molecule has 0 spiro atoms. The molecule has 0 aromatic heterocycles. The number of halogens is 5. The highest BCUT2D eigenvalue weighted by Crippen LogP contribution is 2.35. The molecule has 0 aliphatic heterocycles. The van der Waals surface area contributed by atoms with Crippen molar-refractivity contribution in [3.63, 3.8) is 0 Å². The number of hydrogen-bond donors (Lipinski definition) is 0. The Bertz CT molecular complexity index is 579. The first-order valence-corrected chi connectivity index (χ1v) is 8.18. The molecule has 26 heavy (non-hydrogen) atoms. The lowest BCUT2D eigenvalue weighted by Gasteiger charge is -2.22. The van der Waals surface area contributed by atoms with Gasteiger partial charge in [-0.2, -0.15) is 22.0 Å². The van der Waals surface area contributed by atoms with E-state index in [9.17, 15) is 26.7 Å². The van der Waals surface area contributed by atoms with Crippen LogP contribution < -0.4 is 4.74 Å². The number of benzene rings is 1. The Morgan fingerprint density at radius 2 is 1.62 bits per heavy atom. The summed E-state index contributed by atoms with van der Waals surface area (Å²) in [6.07, 6.45) is -2.83. The SMILES string of the molecule is CCC(C)(C)CCc1ccc(OCC(=O)OCC(F)(F)C(F)(F)F)cc1. The molecule has 0 N–H and O–H groups in total. The Hall–Kier alpha value is -1.86. The van der Waals surface area contributed by atoms with E-state index in [4.69, 9.17) is 4.74 Å². The molecule has 0 bridgehead atoms. The Morgan fingerprint density at radius 3 is 2.12 bits per heavy atom. The van der Waals surface area contributed by atoms with E-state index in [1.165, 1.54) is 0 Å². The summed E-state index contributed by atoms with van der Waals surface area (Å²) in [7, 11) is 0. The molecule has 0 aliphatic rings. The average molecular weight is 382 g/mol. The zero-order valence-corrected chi connectivity index (χ0v) is 15.0. The van der Waals surface area contributed by atoms with Gasteiger partial charge in [0.2, 0.25) is 0 Å². The van der Waals surface area contributed by atoms with Crippen molar-refractivity contribution in [2.75, 3.05) is 13.2 Å². The summed E-state index contributed by atoms with van der Waals surface area (Å²) in [4.78, 5) is 11.3. The number of rotatable bonds is 9. The first-order valence-electron chi connectivity index (χ1n) is 8.18. The van der Waals surface area contributed by atoms with Gasteiger partial charge >= 0.3 is 18.1 Å². The van der Waals surface area contributed by atoms with Crippen LogP contribution in [0.4, 0.5) is 22.0 Å². The van der Waals surface area contributed by atoms with Gasteiger partial charge in [-0.05, 0) is 36.0 Å². The number of aryl methyl sites for hydroxylation is 1. The van der Waals surface area contributed by atoms with E-state index in [-0.39, 0.29) is 5.41 Å². The molecule has 0 aliphatic carbocycles. The summed E-state index contributed by atoms with van der Waals surface area (Å²) >= 11 is 0. The Labute approximate surface area is 149 Å². The van der Waals surface area contributed by atoms with Gasteiger partial charge < -0.3 is 9.47 Å². The molecule has 0 unspecified atom stereocenters. The lowest BCUT2D eigenvalue weighted by Crippen LogP contribution is -2.41. The van der Waals surface area contributed by atoms with Crippen LogP contribution in [0.25, 0.3) is 0 Å². The van der Waals surface area contributed by atoms with Crippen LogP contribution in [-0.2, 0) is 16.0 Å². The van der Waals surface area contributed by atoms with Crippen LogP contribution in [0.2, 0.25) is 0 Å². The topological polar surface area (TPSA) is 35.5 Å². The fourth-order valence-electron chi connectivity index (χ4n) is 1.85. The number of esters is 1. The van der Waals surface area contributed by atoms with Crippen molar-refractivity contribution in [1.29, 1.82) is 0 Å². The molecule has 0 saturated carbocycles. The molecular weight excluding hydrogens is 359 g/mol. The van der Waals surface area contributed by atoms with Crippen molar-refractivity contribution in [3.8, 4) is 5.75 Å². The van der Waals surface area contributed by atoms with Crippen LogP contribution in [0.3, 0.4) is 0 Å². The quantitative estimate of drug-likeness (QED) is 0.436. The van der Waals surface area contributed by atoms with Gasteiger partial charge in [0.15, 0.2) is 13.2 Å². The van der Waals surface area contributed by atoms with Crippen molar-refractivity contribution in [1.82, 2.24) is 0 Å². The van der Waals surface area contributed by atoms with Gasteiger partial charge in [-0.1, -0.05) is 39.3 Å². The molecule has 8 heteroatoms. The third kappa shape index (κ3) is 7.17. The van der Waals surface area contributed by atoms with Gasteiger partial charge in [-0.25, -0.2) is 4.79 Å². The number of carbonyl (C=O) groups excluding carboxylic acids is 1. The normalized spacial score (nSPS) is 12.8. The predicted molar refractivity (Wildman–Crippen MR) is 86.3 cm³/mol. The molecule has 0 amide bonds. The largest absolute Gasteiger partial charge is 0.482 e. The van der Waals surface area contributed by atoms with Gasteiger partial charge in [0.25, 0.3) is 0 Å². The van der Waals surface area contributed by atoms with Gasteiger partial charge in [-0.15, -0.1) is 0 Å². The summed E-state index contributed by atoms with van der Waals surface area (Å²) in [5.74, 6) is -6.10. The van der Waals surface area contributed by atoms with Gasteiger partial charge in [0.1, 0.15) is 5.75 Å². The van der Waals surface area contributed by atoms with E-state index >= 15 is 0 Å². The second kappa shape index (κ2) is 8.68. The van der Waals surface area contributed by atoms with Crippen molar-refractivity contribution in [3.05, 3.63) is 29.8 Å². The summed E-state index contributed by atoms with van der Waals surface area (Å²) in [6.45, 7) is 3.67. The molecule has 0 fully saturated rings.